The zero-order valence-corrected chi connectivity index (χ0v) is 21.4. The van der Waals surface area contributed by atoms with Crippen molar-refractivity contribution >= 4 is 23.6 Å². The number of hydrazine groups is 1. The Morgan fingerprint density at radius 1 is 1.00 bits per heavy atom. The molecule has 0 spiro atoms. The first kappa shape index (κ1) is 24.6. The molecule has 0 bridgehead atoms. The predicted molar refractivity (Wildman–Crippen MR) is 128 cm³/mol. The third kappa shape index (κ3) is 4.91. The van der Waals surface area contributed by atoms with Crippen molar-refractivity contribution in [2.75, 3.05) is 33.3 Å². The van der Waals surface area contributed by atoms with Crippen molar-refractivity contribution in [3.05, 3.63) is 0 Å². The van der Waals surface area contributed by atoms with Crippen LogP contribution in [0, 0.1) is 11.8 Å². The van der Waals surface area contributed by atoms with Gasteiger partial charge in [-0.3, -0.25) is 15.5 Å². The van der Waals surface area contributed by atoms with Crippen molar-refractivity contribution in [2.45, 2.75) is 94.2 Å². The summed E-state index contributed by atoms with van der Waals surface area (Å²) in [6.45, 7) is 6.90. The number of hydrogen-bond acceptors (Lipinski definition) is 7. The topological polar surface area (TPSA) is 86.4 Å². The number of nitrogens with zero attached hydrogens (tertiary/aromatic N) is 3. The van der Waals surface area contributed by atoms with Gasteiger partial charge < -0.3 is 19.3 Å². The van der Waals surface area contributed by atoms with Crippen molar-refractivity contribution in [1.82, 2.24) is 25.6 Å². The summed E-state index contributed by atoms with van der Waals surface area (Å²) in [6.07, 6.45) is 4.98. The predicted octanol–water partition coefficient (Wildman–Crippen LogP) is 1.75. The fraction of sp³-hybridized carbons (Fsp3) is 0.917. The molecular weight excluding hydrogens is 458 g/mol. The van der Waals surface area contributed by atoms with Gasteiger partial charge in [0.2, 0.25) is 5.91 Å². The average molecular weight is 498 g/mol. The van der Waals surface area contributed by atoms with Crippen LogP contribution in [0.1, 0.15) is 52.4 Å². The number of carbonyl (C=O) groups is 2. The third-order valence-electron chi connectivity index (χ3n) is 8.63. The van der Waals surface area contributed by atoms with Gasteiger partial charge in [-0.05, 0) is 50.9 Å². The zero-order chi connectivity index (χ0) is 24.0. The molecule has 5 fully saturated rings. The van der Waals surface area contributed by atoms with E-state index in [1.807, 2.05) is 16.7 Å². The Morgan fingerprint density at radius 3 is 2.50 bits per heavy atom. The Morgan fingerprint density at radius 2 is 1.79 bits per heavy atom. The van der Waals surface area contributed by atoms with Crippen LogP contribution in [0.4, 0.5) is 4.79 Å². The number of piperazine rings is 1. The number of nitrogens with one attached hydrogen (secondary N) is 2. The van der Waals surface area contributed by atoms with Crippen LogP contribution in [0.15, 0.2) is 0 Å². The van der Waals surface area contributed by atoms with E-state index >= 15 is 0 Å². The SMILES string of the molecule is COC1NCC(Cl)CC1OC(=O)N1C[C@H](C)N(C(C)=O)C2CCC(C3CNN(C4CC4)C3)CC21. The highest BCUT2D eigenvalue weighted by atomic mass is 35.5. The highest BCUT2D eigenvalue weighted by Gasteiger charge is 2.49. The van der Waals surface area contributed by atoms with Gasteiger partial charge in [0, 0.05) is 64.1 Å². The van der Waals surface area contributed by atoms with Gasteiger partial charge in [-0.15, -0.1) is 11.6 Å². The monoisotopic (exact) mass is 497 g/mol. The summed E-state index contributed by atoms with van der Waals surface area (Å²) >= 11 is 6.34. The van der Waals surface area contributed by atoms with E-state index in [1.54, 1.807) is 14.0 Å². The van der Waals surface area contributed by atoms with E-state index in [0.29, 0.717) is 37.4 Å². The second-order valence-corrected chi connectivity index (χ2v) is 11.6. The summed E-state index contributed by atoms with van der Waals surface area (Å²) < 4.78 is 11.5. The van der Waals surface area contributed by atoms with Crippen LogP contribution < -0.4 is 10.7 Å². The van der Waals surface area contributed by atoms with Gasteiger partial charge in [0.15, 0.2) is 0 Å². The van der Waals surface area contributed by atoms with Crippen LogP contribution >= 0.6 is 11.6 Å². The molecule has 34 heavy (non-hydrogen) atoms. The molecule has 0 radical (unpaired) electrons. The second kappa shape index (κ2) is 10.1. The fourth-order valence-electron chi connectivity index (χ4n) is 6.81. The molecule has 2 N–H and O–H groups in total. The number of hydrogen-bond donors (Lipinski definition) is 2. The maximum Gasteiger partial charge on any atom is 0.410 e. The van der Waals surface area contributed by atoms with Crippen LogP contribution in [0.5, 0.6) is 0 Å². The molecular formula is C24H40ClN5O4. The fourth-order valence-corrected chi connectivity index (χ4v) is 7.08. The van der Waals surface area contributed by atoms with Gasteiger partial charge in [0.25, 0.3) is 0 Å². The van der Waals surface area contributed by atoms with Gasteiger partial charge in [-0.25, -0.2) is 9.80 Å². The lowest BCUT2D eigenvalue weighted by Crippen LogP contribution is -2.67. The smallest absolute Gasteiger partial charge is 0.410 e. The number of piperidine rings is 1. The van der Waals surface area contributed by atoms with E-state index in [4.69, 9.17) is 21.1 Å². The van der Waals surface area contributed by atoms with E-state index in [2.05, 4.69) is 15.8 Å². The maximum atomic E-state index is 13.5. The van der Waals surface area contributed by atoms with Crippen molar-refractivity contribution in [3.8, 4) is 0 Å². The number of halogens is 1. The largest absolute Gasteiger partial charge is 0.442 e. The molecule has 2 amide bonds. The highest BCUT2D eigenvalue weighted by Crippen LogP contribution is 2.41. The van der Waals surface area contributed by atoms with Gasteiger partial charge in [-0.2, -0.15) is 0 Å². The molecule has 5 rings (SSSR count). The van der Waals surface area contributed by atoms with Crippen LogP contribution in [-0.2, 0) is 14.3 Å². The molecule has 10 heteroatoms. The average Bonchev–Trinajstić information content (AvgIpc) is 3.54. The lowest BCUT2D eigenvalue weighted by Gasteiger charge is -2.54. The zero-order valence-electron chi connectivity index (χ0n) is 20.6. The van der Waals surface area contributed by atoms with E-state index in [-0.39, 0.29) is 41.7 Å². The normalized spacial score (nSPS) is 41.3. The van der Waals surface area contributed by atoms with Crippen LogP contribution in [0.25, 0.3) is 0 Å². The summed E-state index contributed by atoms with van der Waals surface area (Å²) in [5, 5.41) is 5.54. The minimum atomic E-state index is -0.432. The lowest BCUT2D eigenvalue weighted by atomic mass is 9.73. The number of rotatable bonds is 4. The molecule has 3 aliphatic heterocycles. The summed E-state index contributed by atoms with van der Waals surface area (Å²) in [4.78, 5) is 30.0. The quantitative estimate of drug-likeness (QED) is 0.572. The first-order valence-electron chi connectivity index (χ1n) is 13.0. The van der Waals surface area contributed by atoms with Gasteiger partial charge in [-0.1, -0.05) is 0 Å². The molecule has 9 nitrogen and oxygen atoms in total. The molecule has 3 saturated heterocycles. The van der Waals surface area contributed by atoms with Gasteiger partial charge in [0.05, 0.1) is 12.1 Å². The van der Waals surface area contributed by atoms with Crippen molar-refractivity contribution in [1.29, 1.82) is 0 Å². The molecule has 0 aromatic carbocycles. The van der Waals surface area contributed by atoms with Crippen molar-refractivity contribution in [2.24, 2.45) is 11.8 Å². The maximum absolute atomic E-state index is 13.5. The minimum absolute atomic E-state index is 0.0225. The van der Waals surface area contributed by atoms with Crippen molar-refractivity contribution < 1.29 is 19.1 Å². The van der Waals surface area contributed by atoms with Gasteiger partial charge >= 0.3 is 6.09 Å². The number of carbonyl (C=O) groups excluding carboxylic acids is 2. The number of methoxy groups -OCH3 is 1. The molecule has 2 aliphatic carbocycles. The number of fused-ring (bicyclic) bond motifs is 1. The third-order valence-corrected chi connectivity index (χ3v) is 8.96. The number of amides is 2. The molecule has 2 saturated carbocycles. The van der Waals surface area contributed by atoms with Gasteiger partial charge in [0.1, 0.15) is 12.3 Å². The number of ether oxygens (including phenoxy) is 2. The van der Waals surface area contributed by atoms with E-state index in [1.165, 1.54) is 12.8 Å². The molecule has 8 atom stereocenters. The Hall–Kier alpha value is -1.13. The van der Waals surface area contributed by atoms with E-state index < -0.39 is 6.10 Å². The Balaban J connectivity index is 1.31. The summed E-state index contributed by atoms with van der Waals surface area (Å²) in [6, 6.07) is 0.693. The Labute approximate surface area is 207 Å². The highest BCUT2D eigenvalue weighted by molar-refractivity contribution is 6.20. The molecule has 3 heterocycles. The van der Waals surface area contributed by atoms with Crippen LogP contribution in [0.2, 0.25) is 0 Å². The molecule has 7 unspecified atom stereocenters. The summed E-state index contributed by atoms with van der Waals surface area (Å²) in [5.41, 5.74) is 3.61. The molecule has 0 aromatic heterocycles. The Kier molecular flexibility index (Phi) is 7.29. The first-order chi connectivity index (χ1) is 16.4. The molecule has 5 aliphatic rings. The molecule has 0 aromatic rings. The van der Waals surface area contributed by atoms with Crippen LogP contribution in [-0.4, -0.2) is 102 Å². The lowest BCUT2D eigenvalue weighted by molar-refractivity contribution is -0.143. The summed E-state index contributed by atoms with van der Waals surface area (Å²) in [7, 11) is 1.61. The number of alkyl halides is 1. The summed E-state index contributed by atoms with van der Waals surface area (Å²) in [5.74, 6) is 1.21. The molecule has 192 valence electrons. The van der Waals surface area contributed by atoms with Crippen molar-refractivity contribution in [3.63, 3.8) is 0 Å². The van der Waals surface area contributed by atoms with Crippen LogP contribution in [0.3, 0.4) is 0 Å². The standard InChI is InChI=1S/C24H40ClN5O4/c1-14-12-28(24(32)34-22-9-18(25)11-26-23(22)33-3)21-8-16(4-7-20(21)30(14)15(2)31)17-10-27-29(13-17)19-5-6-19/h14,16-23,26-27H,4-13H2,1-3H3/t14-,16?,17?,18?,20?,21?,22?,23?/m0/s1. The minimum Gasteiger partial charge on any atom is -0.442 e. The first-order valence-corrected chi connectivity index (χ1v) is 13.5. The van der Waals surface area contributed by atoms with E-state index in [9.17, 15) is 9.59 Å². The Bertz CT molecular complexity index is 770. The van der Waals surface area contributed by atoms with E-state index in [0.717, 1.165) is 32.4 Å². The second-order valence-electron chi connectivity index (χ2n) is 11.0.